The van der Waals surface area contributed by atoms with Gasteiger partial charge in [0.05, 0.1) is 38.1 Å². The second-order valence-electron chi connectivity index (χ2n) is 8.92. The van der Waals surface area contributed by atoms with Crippen molar-refractivity contribution in [3.05, 3.63) is 77.3 Å². The zero-order valence-electron chi connectivity index (χ0n) is 19.6. The van der Waals surface area contributed by atoms with Gasteiger partial charge in [-0.15, -0.1) is 10.2 Å². The summed E-state index contributed by atoms with van der Waals surface area (Å²) in [6.45, 7) is 4.47. The van der Waals surface area contributed by atoms with E-state index < -0.39 is 10.0 Å². The molecule has 2 heterocycles. The number of rotatable bonds is 5. The van der Waals surface area contributed by atoms with E-state index in [-0.39, 0.29) is 0 Å². The van der Waals surface area contributed by atoms with Crippen molar-refractivity contribution in [1.82, 2.24) is 14.5 Å². The summed E-state index contributed by atoms with van der Waals surface area (Å²) in [5, 5.41) is 14.6. The molecular formula is C26H27ClN5O2S+. The minimum atomic E-state index is -3.61. The van der Waals surface area contributed by atoms with Crippen molar-refractivity contribution in [3.8, 4) is 11.3 Å². The molecule has 0 atom stereocenters. The molecule has 0 unspecified atom stereocenters. The Labute approximate surface area is 210 Å². The number of fused-ring (bicyclic) bond motifs is 1. The quantitative estimate of drug-likeness (QED) is 0.431. The SMILES string of the molecule is Cc1ccc(-c2nnc(Nc3cccc(Cl)c3)c3ccccc23)cc1S(=O)(=O)N1CC[NH+](C)CC1. The number of piperazine rings is 1. The third-order valence-corrected chi connectivity index (χ3v) is 8.71. The number of aryl methyl sites for hydroxylation is 1. The van der Waals surface area contributed by atoms with Crippen LogP contribution in [-0.2, 0) is 10.0 Å². The fourth-order valence-electron chi connectivity index (χ4n) is 4.39. The van der Waals surface area contributed by atoms with Crippen LogP contribution in [0.1, 0.15) is 5.56 Å². The van der Waals surface area contributed by atoms with Crippen molar-refractivity contribution in [3.63, 3.8) is 0 Å². The van der Waals surface area contributed by atoms with Crippen molar-refractivity contribution in [2.45, 2.75) is 11.8 Å². The number of quaternary nitrogens is 1. The smallest absolute Gasteiger partial charge is 0.243 e. The molecule has 5 rings (SSSR count). The number of benzene rings is 3. The van der Waals surface area contributed by atoms with E-state index in [0.29, 0.717) is 40.1 Å². The van der Waals surface area contributed by atoms with E-state index >= 15 is 0 Å². The Balaban J connectivity index is 1.56. The highest BCUT2D eigenvalue weighted by Gasteiger charge is 2.30. The molecule has 9 heteroatoms. The topological polar surface area (TPSA) is 79.6 Å². The average molecular weight is 509 g/mol. The molecule has 1 saturated heterocycles. The Morgan fingerprint density at radius 2 is 1.69 bits per heavy atom. The van der Waals surface area contributed by atoms with Crippen molar-refractivity contribution < 1.29 is 13.3 Å². The van der Waals surface area contributed by atoms with Crippen LogP contribution in [0.5, 0.6) is 0 Å². The Morgan fingerprint density at radius 1 is 0.943 bits per heavy atom. The van der Waals surface area contributed by atoms with E-state index in [1.54, 1.807) is 10.4 Å². The van der Waals surface area contributed by atoms with Gasteiger partial charge in [0.25, 0.3) is 0 Å². The Morgan fingerprint density at radius 3 is 2.43 bits per heavy atom. The van der Waals surface area contributed by atoms with E-state index in [1.165, 1.54) is 4.90 Å². The summed E-state index contributed by atoms with van der Waals surface area (Å²) in [7, 11) is -1.52. The second kappa shape index (κ2) is 9.54. The first-order chi connectivity index (χ1) is 16.8. The van der Waals surface area contributed by atoms with Crippen LogP contribution in [0.4, 0.5) is 11.5 Å². The maximum atomic E-state index is 13.5. The van der Waals surface area contributed by atoms with Gasteiger partial charge in [0, 0.05) is 27.0 Å². The molecule has 1 fully saturated rings. The van der Waals surface area contributed by atoms with Gasteiger partial charge in [0.15, 0.2) is 5.82 Å². The van der Waals surface area contributed by atoms with Gasteiger partial charge >= 0.3 is 0 Å². The number of nitrogens with one attached hydrogen (secondary N) is 2. The molecular weight excluding hydrogens is 482 g/mol. The van der Waals surface area contributed by atoms with Crippen LogP contribution in [0.15, 0.2) is 71.6 Å². The van der Waals surface area contributed by atoms with E-state index in [4.69, 9.17) is 11.6 Å². The van der Waals surface area contributed by atoms with Crippen LogP contribution in [0.3, 0.4) is 0 Å². The molecule has 1 aliphatic rings. The number of anilines is 2. The van der Waals surface area contributed by atoms with Crippen LogP contribution in [-0.4, -0.2) is 56.1 Å². The van der Waals surface area contributed by atoms with Gasteiger partial charge in [-0.2, -0.15) is 4.31 Å². The van der Waals surface area contributed by atoms with E-state index in [1.807, 2.05) is 67.6 Å². The van der Waals surface area contributed by atoms with E-state index in [9.17, 15) is 8.42 Å². The van der Waals surface area contributed by atoms with Crippen LogP contribution in [0.25, 0.3) is 22.0 Å². The monoisotopic (exact) mass is 508 g/mol. The fraction of sp³-hybridized carbons (Fsp3) is 0.231. The van der Waals surface area contributed by atoms with Crippen LogP contribution < -0.4 is 10.2 Å². The van der Waals surface area contributed by atoms with E-state index in [2.05, 4.69) is 22.6 Å². The third kappa shape index (κ3) is 4.75. The second-order valence-corrected chi connectivity index (χ2v) is 11.3. The van der Waals surface area contributed by atoms with E-state index in [0.717, 1.165) is 35.1 Å². The largest absolute Gasteiger partial charge is 0.338 e. The van der Waals surface area contributed by atoms with Gasteiger partial charge in [-0.1, -0.05) is 54.1 Å². The maximum absolute atomic E-state index is 13.5. The van der Waals surface area contributed by atoms with Crippen molar-refractivity contribution in [1.29, 1.82) is 0 Å². The van der Waals surface area contributed by atoms with Gasteiger partial charge in [0.2, 0.25) is 10.0 Å². The molecule has 0 spiro atoms. The molecule has 180 valence electrons. The molecule has 0 saturated carbocycles. The van der Waals surface area contributed by atoms with Crippen molar-refractivity contribution in [2.24, 2.45) is 0 Å². The highest BCUT2D eigenvalue weighted by molar-refractivity contribution is 7.89. The molecule has 1 aromatic heterocycles. The molecule has 7 nitrogen and oxygen atoms in total. The number of likely N-dealkylation sites (N-methyl/N-ethyl adjacent to an activating group) is 1. The predicted molar refractivity (Wildman–Crippen MR) is 140 cm³/mol. The number of hydrogen-bond acceptors (Lipinski definition) is 5. The normalized spacial score (nSPS) is 15.4. The molecule has 1 aliphatic heterocycles. The number of nitrogens with zero attached hydrogens (tertiary/aromatic N) is 3. The molecule has 3 aromatic carbocycles. The molecule has 35 heavy (non-hydrogen) atoms. The first-order valence-electron chi connectivity index (χ1n) is 11.5. The van der Waals surface area contributed by atoms with Gasteiger partial charge in [-0.3, -0.25) is 0 Å². The summed E-state index contributed by atoms with van der Waals surface area (Å²) in [6, 6.07) is 20.7. The molecule has 4 aromatic rings. The first-order valence-corrected chi connectivity index (χ1v) is 13.4. The summed E-state index contributed by atoms with van der Waals surface area (Å²) in [4.78, 5) is 1.66. The van der Waals surface area contributed by atoms with Crippen LogP contribution in [0, 0.1) is 6.92 Å². The first kappa shape index (κ1) is 23.7. The number of halogens is 1. The fourth-order valence-corrected chi connectivity index (χ4v) is 6.27. The van der Waals surface area contributed by atoms with Gasteiger partial charge in [-0.25, -0.2) is 8.42 Å². The highest BCUT2D eigenvalue weighted by atomic mass is 35.5. The zero-order chi connectivity index (χ0) is 24.6. The lowest BCUT2D eigenvalue weighted by molar-refractivity contribution is -0.883. The summed E-state index contributed by atoms with van der Waals surface area (Å²) in [6.07, 6.45) is 0. The lowest BCUT2D eigenvalue weighted by Crippen LogP contribution is -3.12. The van der Waals surface area contributed by atoms with Gasteiger partial charge < -0.3 is 10.2 Å². The van der Waals surface area contributed by atoms with Crippen LogP contribution in [0.2, 0.25) is 5.02 Å². The Kier molecular flexibility index (Phi) is 6.46. The zero-order valence-corrected chi connectivity index (χ0v) is 21.2. The number of aromatic nitrogens is 2. The summed E-state index contributed by atoms with van der Waals surface area (Å²) >= 11 is 6.13. The predicted octanol–water partition coefficient (Wildman–Crippen LogP) is 3.52. The Bertz CT molecular complexity index is 1500. The minimum absolute atomic E-state index is 0.321. The number of sulfonamides is 1. The Hall–Kier alpha value is -3.04. The average Bonchev–Trinajstić information content (AvgIpc) is 2.85. The molecule has 0 aliphatic carbocycles. The molecule has 0 bridgehead atoms. The van der Waals surface area contributed by atoms with Crippen LogP contribution >= 0.6 is 11.6 Å². The molecule has 2 N–H and O–H groups in total. The lowest BCUT2D eigenvalue weighted by atomic mass is 10.0. The summed E-state index contributed by atoms with van der Waals surface area (Å²) in [5.41, 5.74) is 2.88. The summed E-state index contributed by atoms with van der Waals surface area (Å²) in [5.74, 6) is 0.603. The summed E-state index contributed by atoms with van der Waals surface area (Å²) < 4.78 is 28.6. The van der Waals surface area contributed by atoms with Crippen molar-refractivity contribution >= 4 is 43.9 Å². The maximum Gasteiger partial charge on any atom is 0.243 e. The lowest BCUT2D eigenvalue weighted by Gasteiger charge is -2.29. The standard InChI is InChI=1S/C26H26ClN5O2S/c1-18-10-11-19(16-24(18)35(33,34)32-14-12-31(2)13-15-32)25-22-8-3-4-9-23(22)26(30-29-25)28-21-7-5-6-20(27)17-21/h3-11,16-17H,12-15H2,1-2H3,(H,28,30)/p+1. The van der Waals surface area contributed by atoms with Gasteiger partial charge in [-0.05, 0) is 36.8 Å². The highest BCUT2D eigenvalue weighted by Crippen LogP contribution is 2.33. The van der Waals surface area contributed by atoms with Gasteiger partial charge in [0.1, 0.15) is 5.69 Å². The van der Waals surface area contributed by atoms with Crippen molar-refractivity contribution in [2.75, 3.05) is 38.5 Å². The number of hydrogen-bond donors (Lipinski definition) is 2. The minimum Gasteiger partial charge on any atom is -0.338 e. The molecule has 0 radical (unpaired) electrons. The third-order valence-electron chi connectivity index (χ3n) is 6.43. The molecule has 0 amide bonds.